The smallest absolute Gasteiger partial charge is 0.171 e. The van der Waals surface area contributed by atoms with Crippen LogP contribution in [-0.2, 0) is 6.54 Å². The summed E-state index contributed by atoms with van der Waals surface area (Å²) < 4.78 is 0. The van der Waals surface area contributed by atoms with E-state index in [9.17, 15) is 0 Å². The quantitative estimate of drug-likeness (QED) is 0.816. The molecule has 5 heteroatoms. The fraction of sp³-hybridized carbons (Fsp3) is 0.182. The second-order valence-corrected chi connectivity index (χ2v) is 3.74. The Hall–Kier alpha value is -1.68. The van der Waals surface area contributed by atoms with Gasteiger partial charge in [0.25, 0.3) is 0 Å². The van der Waals surface area contributed by atoms with Crippen molar-refractivity contribution in [3.63, 3.8) is 0 Å². The Morgan fingerprint density at radius 3 is 2.50 bits per heavy atom. The number of halogens is 1. The minimum absolute atomic E-state index is 0.416. The summed E-state index contributed by atoms with van der Waals surface area (Å²) in [6.45, 7) is 0.723. The van der Waals surface area contributed by atoms with Crippen LogP contribution in [-0.4, -0.2) is 22.0 Å². The molecule has 2 heterocycles. The van der Waals surface area contributed by atoms with Crippen molar-refractivity contribution in [3.8, 4) is 0 Å². The summed E-state index contributed by atoms with van der Waals surface area (Å²) in [5, 5.41) is 0.416. The van der Waals surface area contributed by atoms with Gasteiger partial charge in [0.15, 0.2) is 11.0 Å². The first-order valence-electron chi connectivity index (χ1n) is 4.84. The highest BCUT2D eigenvalue weighted by molar-refractivity contribution is 6.31. The molecule has 0 bridgehead atoms. The summed E-state index contributed by atoms with van der Waals surface area (Å²) in [6, 6.07) is 3.92. The van der Waals surface area contributed by atoms with E-state index in [0.717, 1.165) is 12.1 Å². The topological polar surface area (TPSA) is 41.9 Å². The van der Waals surface area contributed by atoms with Crippen LogP contribution in [0, 0.1) is 0 Å². The van der Waals surface area contributed by atoms with Crippen LogP contribution in [0.1, 0.15) is 5.56 Å². The normalized spacial score (nSPS) is 10.1. The van der Waals surface area contributed by atoms with Crippen molar-refractivity contribution >= 4 is 17.4 Å². The molecule has 0 spiro atoms. The van der Waals surface area contributed by atoms with Gasteiger partial charge in [0, 0.05) is 38.4 Å². The Morgan fingerprint density at radius 2 is 1.81 bits per heavy atom. The molecule has 0 radical (unpaired) electrons. The number of rotatable bonds is 3. The maximum Gasteiger partial charge on any atom is 0.171 e. The van der Waals surface area contributed by atoms with Crippen LogP contribution >= 0.6 is 11.6 Å². The van der Waals surface area contributed by atoms with Crippen LogP contribution in [0.15, 0.2) is 36.9 Å². The van der Waals surface area contributed by atoms with Gasteiger partial charge in [0.05, 0.1) is 0 Å². The second kappa shape index (κ2) is 4.90. The first-order valence-corrected chi connectivity index (χ1v) is 5.21. The van der Waals surface area contributed by atoms with E-state index in [1.54, 1.807) is 24.8 Å². The first-order chi connectivity index (χ1) is 7.77. The van der Waals surface area contributed by atoms with E-state index in [4.69, 9.17) is 11.6 Å². The highest BCUT2D eigenvalue weighted by Crippen LogP contribution is 2.19. The average Bonchev–Trinajstić information content (AvgIpc) is 2.31. The lowest BCUT2D eigenvalue weighted by Crippen LogP contribution is -2.18. The lowest BCUT2D eigenvalue weighted by molar-refractivity contribution is 0.888. The predicted octanol–water partition coefficient (Wildman–Crippen LogP) is 2.16. The van der Waals surface area contributed by atoms with Gasteiger partial charge in [-0.2, -0.15) is 0 Å². The van der Waals surface area contributed by atoms with Crippen LogP contribution in [0.2, 0.25) is 5.15 Å². The maximum absolute atomic E-state index is 5.96. The standard InChI is InChI=1S/C11H11ClN4/c1-16(8-9-2-4-13-5-3-9)11-10(12)14-6-7-15-11/h2-7H,8H2,1H3. The highest BCUT2D eigenvalue weighted by atomic mass is 35.5. The number of aromatic nitrogens is 3. The summed E-state index contributed by atoms with van der Waals surface area (Å²) in [6.07, 6.45) is 6.74. The second-order valence-electron chi connectivity index (χ2n) is 3.38. The van der Waals surface area contributed by atoms with Gasteiger partial charge in [-0.1, -0.05) is 11.6 Å². The zero-order chi connectivity index (χ0) is 11.4. The van der Waals surface area contributed by atoms with E-state index in [1.165, 1.54) is 0 Å². The van der Waals surface area contributed by atoms with E-state index >= 15 is 0 Å². The van der Waals surface area contributed by atoms with Gasteiger partial charge in [-0.25, -0.2) is 9.97 Å². The number of pyridine rings is 1. The molecule has 0 fully saturated rings. The van der Waals surface area contributed by atoms with Crippen LogP contribution in [0.5, 0.6) is 0 Å². The number of nitrogens with zero attached hydrogens (tertiary/aromatic N) is 4. The molecule has 0 aromatic carbocycles. The van der Waals surface area contributed by atoms with Crippen LogP contribution < -0.4 is 4.90 Å². The molecule has 0 unspecified atom stereocenters. The van der Waals surface area contributed by atoms with Gasteiger partial charge in [-0.3, -0.25) is 4.98 Å². The maximum atomic E-state index is 5.96. The molecule has 82 valence electrons. The molecule has 0 saturated carbocycles. The first kappa shape index (κ1) is 10.8. The fourth-order valence-corrected chi connectivity index (χ4v) is 1.66. The Morgan fingerprint density at radius 1 is 1.12 bits per heavy atom. The highest BCUT2D eigenvalue weighted by Gasteiger charge is 2.08. The van der Waals surface area contributed by atoms with Crippen molar-refractivity contribution in [3.05, 3.63) is 47.6 Å². The molecule has 0 aliphatic carbocycles. The summed E-state index contributed by atoms with van der Waals surface area (Å²) in [5.74, 6) is 0.681. The Bertz CT molecular complexity index is 461. The molecule has 0 saturated heterocycles. The summed E-state index contributed by atoms with van der Waals surface area (Å²) in [4.78, 5) is 14.1. The molecule has 0 atom stereocenters. The summed E-state index contributed by atoms with van der Waals surface area (Å²) in [7, 11) is 1.93. The number of anilines is 1. The molecule has 0 amide bonds. The molecule has 4 nitrogen and oxygen atoms in total. The van der Waals surface area contributed by atoms with Crippen LogP contribution in [0.4, 0.5) is 5.82 Å². The molecule has 2 rings (SSSR count). The van der Waals surface area contributed by atoms with Crippen molar-refractivity contribution in [2.24, 2.45) is 0 Å². The van der Waals surface area contributed by atoms with Gasteiger partial charge in [0.2, 0.25) is 0 Å². The molecular formula is C11H11ClN4. The molecule has 2 aromatic rings. The Balaban J connectivity index is 2.15. The van der Waals surface area contributed by atoms with Gasteiger partial charge in [0.1, 0.15) is 0 Å². The average molecular weight is 235 g/mol. The van der Waals surface area contributed by atoms with Gasteiger partial charge < -0.3 is 4.90 Å². The van der Waals surface area contributed by atoms with E-state index in [-0.39, 0.29) is 0 Å². The van der Waals surface area contributed by atoms with E-state index in [2.05, 4.69) is 15.0 Å². The van der Waals surface area contributed by atoms with Crippen molar-refractivity contribution in [2.75, 3.05) is 11.9 Å². The van der Waals surface area contributed by atoms with Gasteiger partial charge in [-0.05, 0) is 17.7 Å². The molecule has 16 heavy (non-hydrogen) atoms. The monoisotopic (exact) mass is 234 g/mol. The van der Waals surface area contributed by atoms with Gasteiger partial charge >= 0.3 is 0 Å². The van der Waals surface area contributed by atoms with Crippen LogP contribution in [0.3, 0.4) is 0 Å². The predicted molar refractivity (Wildman–Crippen MR) is 63.4 cm³/mol. The molecular weight excluding hydrogens is 224 g/mol. The van der Waals surface area contributed by atoms with Gasteiger partial charge in [-0.15, -0.1) is 0 Å². The lowest BCUT2D eigenvalue weighted by atomic mass is 10.2. The van der Waals surface area contributed by atoms with Crippen molar-refractivity contribution in [2.45, 2.75) is 6.54 Å². The Labute approximate surface area is 98.9 Å². The fourth-order valence-electron chi connectivity index (χ4n) is 1.41. The van der Waals surface area contributed by atoms with Crippen molar-refractivity contribution in [1.29, 1.82) is 0 Å². The minimum Gasteiger partial charge on any atom is -0.353 e. The molecule has 0 N–H and O–H groups in total. The Kier molecular flexibility index (Phi) is 3.31. The minimum atomic E-state index is 0.416. The zero-order valence-electron chi connectivity index (χ0n) is 8.84. The molecule has 0 aliphatic rings. The largest absolute Gasteiger partial charge is 0.353 e. The van der Waals surface area contributed by atoms with E-state index in [1.807, 2.05) is 24.1 Å². The third-order valence-electron chi connectivity index (χ3n) is 2.17. The van der Waals surface area contributed by atoms with E-state index in [0.29, 0.717) is 11.0 Å². The third kappa shape index (κ3) is 2.46. The molecule has 0 aliphatic heterocycles. The van der Waals surface area contributed by atoms with Crippen molar-refractivity contribution in [1.82, 2.24) is 15.0 Å². The summed E-state index contributed by atoms with van der Waals surface area (Å²) in [5.41, 5.74) is 1.15. The number of hydrogen-bond acceptors (Lipinski definition) is 4. The lowest BCUT2D eigenvalue weighted by Gasteiger charge is -2.18. The van der Waals surface area contributed by atoms with Crippen molar-refractivity contribution < 1.29 is 0 Å². The number of hydrogen-bond donors (Lipinski definition) is 0. The SMILES string of the molecule is CN(Cc1ccncc1)c1nccnc1Cl. The molecule has 2 aromatic heterocycles. The van der Waals surface area contributed by atoms with Crippen LogP contribution in [0.25, 0.3) is 0 Å². The zero-order valence-corrected chi connectivity index (χ0v) is 9.59. The third-order valence-corrected chi connectivity index (χ3v) is 2.43. The summed E-state index contributed by atoms with van der Waals surface area (Å²) >= 11 is 5.96. The van der Waals surface area contributed by atoms with E-state index < -0.39 is 0 Å².